The zero-order chi connectivity index (χ0) is 10.5. The van der Waals surface area contributed by atoms with Gasteiger partial charge in [0.05, 0.1) is 7.05 Å². The highest BCUT2D eigenvalue weighted by Crippen LogP contribution is 1.95. The fourth-order valence-corrected chi connectivity index (χ4v) is 1.53. The summed E-state index contributed by atoms with van der Waals surface area (Å²) in [4.78, 5) is 26.1. The molecule has 0 saturated heterocycles. The van der Waals surface area contributed by atoms with Crippen molar-refractivity contribution in [2.24, 2.45) is 21.1 Å². The minimum atomic E-state index is -0.329. The quantitative estimate of drug-likeness (QED) is 0.514. The van der Waals surface area contributed by atoms with Gasteiger partial charge >= 0.3 is 11.2 Å². The molecule has 1 N–H and O–H groups in total. The maximum Gasteiger partial charge on any atom is 0.333 e. The van der Waals surface area contributed by atoms with Crippen LogP contribution >= 0.6 is 0 Å². The molecule has 2 rings (SSSR count). The summed E-state index contributed by atoms with van der Waals surface area (Å²) in [5, 5.41) is 0. The molecule has 0 amide bonds. The van der Waals surface area contributed by atoms with E-state index in [1.807, 2.05) is 0 Å². The third kappa shape index (κ3) is 0.876. The van der Waals surface area contributed by atoms with Crippen LogP contribution in [-0.4, -0.2) is 14.1 Å². The maximum atomic E-state index is 11.7. The Balaban J connectivity index is 3.22. The van der Waals surface area contributed by atoms with Gasteiger partial charge in [-0.2, -0.15) is 0 Å². The molecule has 0 saturated carbocycles. The van der Waals surface area contributed by atoms with Crippen LogP contribution in [0.1, 0.15) is 0 Å². The monoisotopic (exact) mass is 195 g/mol. The van der Waals surface area contributed by atoms with E-state index in [9.17, 15) is 9.59 Å². The SMILES string of the molecule is Cn1c(=O)c2c([nH]c[n+]2C)n(C)c1=O. The van der Waals surface area contributed by atoms with Gasteiger partial charge in [-0.25, -0.2) is 14.3 Å². The van der Waals surface area contributed by atoms with Crippen molar-refractivity contribution in [2.45, 2.75) is 0 Å². The van der Waals surface area contributed by atoms with Gasteiger partial charge in [0.25, 0.3) is 11.2 Å². The molecule has 0 aromatic carbocycles. The molecule has 2 heterocycles. The molecule has 6 heteroatoms. The van der Waals surface area contributed by atoms with Crippen LogP contribution in [0.3, 0.4) is 0 Å². The summed E-state index contributed by atoms with van der Waals surface area (Å²) in [7, 11) is 4.85. The predicted octanol–water partition coefficient (Wildman–Crippen LogP) is -1.61. The first kappa shape index (κ1) is 8.74. The Morgan fingerprint density at radius 2 is 1.93 bits per heavy atom. The van der Waals surface area contributed by atoms with Crippen LogP contribution in [0, 0.1) is 0 Å². The van der Waals surface area contributed by atoms with Gasteiger partial charge in [-0.05, 0) is 0 Å². The lowest BCUT2D eigenvalue weighted by Crippen LogP contribution is -2.41. The van der Waals surface area contributed by atoms with Crippen molar-refractivity contribution >= 4 is 11.2 Å². The lowest BCUT2D eigenvalue weighted by Gasteiger charge is -1.99. The predicted molar refractivity (Wildman–Crippen MR) is 50.0 cm³/mol. The third-order valence-electron chi connectivity index (χ3n) is 2.39. The lowest BCUT2D eigenvalue weighted by atomic mass is 10.5. The van der Waals surface area contributed by atoms with Gasteiger partial charge in [-0.1, -0.05) is 0 Å². The first-order valence-electron chi connectivity index (χ1n) is 4.16. The van der Waals surface area contributed by atoms with E-state index < -0.39 is 0 Å². The topological polar surface area (TPSA) is 63.7 Å². The average molecular weight is 195 g/mol. The van der Waals surface area contributed by atoms with Crippen LogP contribution in [0.5, 0.6) is 0 Å². The van der Waals surface area contributed by atoms with Crippen LogP contribution in [0.25, 0.3) is 11.2 Å². The van der Waals surface area contributed by atoms with Gasteiger partial charge in [0.2, 0.25) is 6.33 Å². The molecule has 0 fully saturated rings. The Hall–Kier alpha value is -1.85. The molecule has 0 unspecified atom stereocenters. The highest BCUT2D eigenvalue weighted by atomic mass is 16.2. The number of aryl methyl sites for hydroxylation is 2. The van der Waals surface area contributed by atoms with Crippen molar-refractivity contribution in [3.8, 4) is 0 Å². The van der Waals surface area contributed by atoms with E-state index in [1.54, 1.807) is 25.0 Å². The van der Waals surface area contributed by atoms with Crippen molar-refractivity contribution in [3.63, 3.8) is 0 Å². The van der Waals surface area contributed by atoms with Crippen molar-refractivity contribution in [1.82, 2.24) is 14.1 Å². The number of hydrogen-bond acceptors (Lipinski definition) is 2. The molecule has 0 aliphatic rings. The molecule has 2 aromatic heterocycles. The zero-order valence-corrected chi connectivity index (χ0v) is 8.24. The van der Waals surface area contributed by atoms with Gasteiger partial charge in [0, 0.05) is 14.1 Å². The number of hydrogen-bond donors (Lipinski definition) is 1. The molecule has 0 atom stereocenters. The Kier molecular flexibility index (Phi) is 1.60. The van der Waals surface area contributed by atoms with Gasteiger partial charge in [-0.15, -0.1) is 0 Å². The summed E-state index contributed by atoms with van der Waals surface area (Å²) in [6.45, 7) is 0. The first-order chi connectivity index (χ1) is 6.54. The summed E-state index contributed by atoms with van der Waals surface area (Å²) >= 11 is 0. The molecule has 0 spiro atoms. The van der Waals surface area contributed by atoms with Crippen LogP contribution in [0.4, 0.5) is 0 Å². The molecule has 0 radical (unpaired) electrons. The normalized spacial score (nSPS) is 11.1. The number of rotatable bonds is 0. The second-order valence-electron chi connectivity index (χ2n) is 3.29. The van der Waals surface area contributed by atoms with E-state index in [4.69, 9.17) is 0 Å². The second kappa shape index (κ2) is 2.57. The average Bonchev–Trinajstić information content (AvgIpc) is 2.54. The number of imidazole rings is 1. The first-order valence-corrected chi connectivity index (χ1v) is 4.16. The minimum absolute atomic E-state index is 0.285. The lowest BCUT2D eigenvalue weighted by molar-refractivity contribution is -0.645. The molecular formula is C8H11N4O2+. The maximum absolute atomic E-state index is 11.7. The number of aromatic amines is 1. The standard InChI is InChI=1S/C8H10N4O2/c1-10-4-9-6-5(10)7(13)12(3)8(14)11(6)2/h4H,1-3H3/p+1. The Morgan fingerprint density at radius 1 is 1.29 bits per heavy atom. The smallest absolute Gasteiger partial charge is 0.264 e. The van der Waals surface area contributed by atoms with Crippen LogP contribution in [0.2, 0.25) is 0 Å². The highest BCUT2D eigenvalue weighted by Gasteiger charge is 2.17. The summed E-state index contributed by atoms with van der Waals surface area (Å²) in [5.41, 5.74) is 0.423. The molecule has 14 heavy (non-hydrogen) atoms. The summed E-state index contributed by atoms with van der Waals surface area (Å²) in [6.07, 6.45) is 1.64. The number of fused-ring (bicyclic) bond motifs is 1. The summed E-state index contributed by atoms with van der Waals surface area (Å²) in [5.74, 6) is 0. The fraction of sp³-hybridized carbons (Fsp3) is 0.375. The fourth-order valence-electron chi connectivity index (χ4n) is 1.53. The number of aromatic nitrogens is 4. The summed E-state index contributed by atoms with van der Waals surface area (Å²) in [6, 6.07) is 0. The zero-order valence-electron chi connectivity index (χ0n) is 8.24. The van der Waals surface area contributed by atoms with Crippen molar-refractivity contribution in [2.75, 3.05) is 0 Å². The van der Waals surface area contributed by atoms with E-state index >= 15 is 0 Å². The van der Waals surface area contributed by atoms with E-state index in [0.717, 1.165) is 4.57 Å². The van der Waals surface area contributed by atoms with Gasteiger partial charge < -0.3 is 0 Å². The largest absolute Gasteiger partial charge is 0.333 e. The van der Waals surface area contributed by atoms with Gasteiger partial charge in [-0.3, -0.25) is 13.9 Å². The van der Waals surface area contributed by atoms with Crippen molar-refractivity contribution < 1.29 is 4.57 Å². The Morgan fingerprint density at radius 3 is 2.57 bits per heavy atom. The van der Waals surface area contributed by atoms with Crippen LogP contribution in [0.15, 0.2) is 15.9 Å². The van der Waals surface area contributed by atoms with Crippen molar-refractivity contribution in [3.05, 3.63) is 27.2 Å². The molecule has 0 aliphatic carbocycles. The summed E-state index contributed by atoms with van der Waals surface area (Å²) < 4.78 is 4.17. The molecule has 0 bridgehead atoms. The number of H-pyrrole nitrogens is 1. The second-order valence-corrected chi connectivity index (χ2v) is 3.29. The minimum Gasteiger partial charge on any atom is -0.264 e. The Bertz CT molecular complexity index is 617. The van der Waals surface area contributed by atoms with Gasteiger partial charge in [0.1, 0.15) is 0 Å². The highest BCUT2D eigenvalue weighted by molar-refractivity contribution is 5.64. The third-order valence-corrected chi connectivity index (χ3v) is 2.39. The van der Waals surface area contributed by atoms with E-state index in [0.29, 0.717) is 11.2 Å². The molecule has 74 valence electrons. The number of nitrogens with zero attached hydrogens (tertiary/aromatic N) is 3. The molecular weight excluding hydrogens is 184 g/mol. The van der Waals surface area contributed by atoms with Crippen molar-refractivity contribution in [1.29, 1.82) is 0 Å². The van der Waals surface area contributed by atoms with E-state index in [-0.39, 0.29) is 11.2 Å². The van der Waals surface area contributed by atoms with Crippen LogP contribution in [-0.2, 0) is 21.1 Å². The number of nitrogens with one attached hydrogen (secondary N) is 1. The van der Waals surface area contributed by atoms with E-state index in [1.165, 1.54) is 11.6 Å². The Labute approximate surface area is 79.0 Å². The van der Waals surface area contributed by atoms with E-state index in [2.05, 4.69) is 4.98 Å². The van der Waals surface area contributed by atoms with Crippen LogP contribution < -0.4 is 15.8 Å². The molecule has 6 nitrogen and oxygen atoms in total. The van der Waals surface area contributed by atoms with Gasteiger partial charge in [0.15, 0.2) is 0 Å². The molecule has 0 aliphatic heterocycles. The molecule has 2 aromatic rings.